The Morgan fingerprint density at radius 2 is 2.25 bits per heavy atom. The maximum absolute atomic E-state index is 12.4. The molecule has 24 heavy (non-hydrogen) atoms. The molecule has 3 heterocycles. The Morgan fingerprint density at radius 1 is 1.46 bits per heavy atom. The number of ether oxygens (including phenoxy) is 1. The van der Waals surface area contributed by atoms with Gasteiger partial charge in [-0.05, 0) is 45.7 Å². The maximum Gasteiger partial charge on any atom is 0.410 e. The Balaban J connectivity index is 1.80. The number of hydrogen-bond acceptors (Lipinski definition) is 6. The van der Waals surface area contributed by atoms with Crippen molar-refractivity contribution in [3.05, 3.63) is 28.6 Å². The number of likely N-dealkylation sites (tertiary alicyclic amines) is 1. The first-order valence-electron chi connectivity index (χ1n) is 7.78. The van der Waals surface area contributed by atoms with E-state index in [9.17, 15) is 4.79 Å². The summed E-state index contributed by atoms with van der Waals surface area (Å²) in [5.41, 5.74) is 0.0531. The van der Waals surface area contributed by atoms with Gasteiger partial charge < -0.3 is 9.26 Å². The second kappa shape index (κ2) is 6.51. The molecule has 128 valence electrons. The van der Waals surface area contributed by atoms with Crippen LogP contribution in [0.4, 0.5) is 4.79 Å². The number of rotatable bonds is 2. The van der Waals surface area contributed by atoms with Gasteiger partial charge in [0.25, 0.3) is 5.89 Å². The monoisotopic (exact) mass is 394 g/mol. The molecule has 8 heteroatoms. The minimum absolute atomic E-state index is 0.232. The smallest absolute Gasteiger partial charge is 0.410 e. The van der Waals surface area contributed by atoms with Crippen LogP contribution in [-0.2, 0) is 4.74 Å². The van der Waals surface area contributed by atoms with Gasteiger partial charge in [0.15, 0.2) is 5.82 Å². The van der Waals surface area contributed by atoms with Crippen molar-refractivity contribution in [1.82, 2.24) is 20.0 Å². The number of carbonyl (C=O) groups is 1. The fraction of sp³-hybridized carbons (Fsp3) is 0.500. The molecule has 2 aromatic rings. The molecule has 0 aromatic carbocycles. The number of amides is 1. The summed E-state index contributed by atoms with van der Waals surface area (Å²) in [7, 11) is 0. The Labute approximate surface area is 148 Å². The van der Waals surface area contributed by atoms with Gasteiger partial charge >= 0.3 is 6.09 Å². The molecule has 0 saturated carbocycles. The van der Waals surface area contributed by atoms with Crippen molar-refractivity contribution in [2.24, 2.45) is 0 Å². The number of carbonyl (C=O) groups excluding carboxylic acids is 1. The van der Waals surface area contributed by atoms with E-state index in [4.69, 9.17) is 9.26 Å². The first-order valence-corrected chi connectivity index (χ1v) is 8.58. The molecule has 0 N–H and O–H groups in total. The van der Waals surface area contributed by atoms with Crippen LogP contribution in [-0.4, -0.2) is 38.3 Å². The van der Waals surface area contributed by atoms with Gasteiger partial charge in [-0.1, -0.05) is 21.1 Å². The van der Waals surface area contributed by atoms with E-state index in [1.54, 1.807) is 17.2 Å². The molecule has 0 radical (unpaired) electrons. The van der Waals surface area contributed by atoms with Crippen LogP contribution >= 0.6 is 15.9 Å². The summed E-state index contributed by atoms with van der Waals surface area (Å²) < 4.78 is 11.7. The molecule has 2 aromatic heterocycles. The quantitative estimate of drug-likeness (QED) is 0.766. The summed E-state index contributed by atoms with van der Waals surface area (Å²) in [6.45, 7) is 6.17. The van der Waals surface area contributed by atoms with Gasteiger partial charge in [0.2, 0.25) is 0 Å². The minimum atomic E-state index is -0.535. The van der Waals surface area contributed by atoms with Gasteiger partial charge in [0, 0.05) is 17.2 Å². The third-order valence-electron chi connectivity index (χ3n) is 3.56. The van der Waals surface area contributed by atoms with Crippen molar-refractivity contribution in [2.45, 2.75) is 45.3 Å². The number of hydrogen-bond donors (Lipinski definition) is 0. The third kappa shape index (κ3) is 3.75. The number of aromatic nitrogens is 3. The van der Waals surface area contributed by atoms with E-state index in [1.165, 1.54) is 0 Å². The van der Waals surface area contributed by atoms with Crippen molar-refractivity contribution in [3.63, 3.8) is 0 Å². The van der Waals surface area contributed by atoms with E-state index < -0.39 is 5.60 Å². The second-order valence-corrected chi connectivity index (χ2v) is 7.56. The molecule has 1 fully saturated rings. The molecule has 1 aliphatic heterocycles. The standard InChI is InChI=1S/C16H19BrN4O3/c1-16(2,3)23-15(22)21-8-4-5-12(21)13-19-14(24-20-13)11-9-10(17)6-7-18-11/h6-7,9,12H,4-5,8H2,1-3H3. The van der Waals surface area contributed by atoms with E-state index in [0.29, 0.717) is 24.0 Å². The molecule has 3 rings (SSSR count). The molecule has 1 unspecified atom stereocenters. The molecule has 1 atom stereocenters. The van der Waals surface area contributed by atoms with Gasteiger partial charge in [0.05, 0.1) is 6.04 Å². The van der Waals surface area contributed by atoms with Gasteiger partial charge in [0.1, 0.15) is 11.3 Å². The molecule has 0 aliphatic carbocycles. The summed E-state index contributed by atoms with van der Waals surface area (Å²) >= 11 is 3.39. The van der Waals surface area contributed by atoms with E-state index in [1.807, 2.05) is 26.8 Å². The van der Waals surface area contributed by atoms with Crippen LogP contribution in [0.1, 0.15) is 45.5 Å². The molecule has 0 bridgehead atoms. The fourth-order valence-corrected chi connectivity index (χ4v) is 2.91. The summed E-state index contributed by atoms with van der Waals surface area (Å²) in [5.74, 6) is 0.817. The zero-order valence-electron chi connectivity index (χ0n) is 13.8. The Hall–Kier alpha value is -1.96. The number of nitrogens with zero attached hydrogens (tertiary/aromatic N) is 4. The highest BCUT2D eigenvalue weighted by Gasteiger charge is 2.36. The van der Waals surface area contributed by atoms with Crippen LogP contribution < -0.4 is 0 Å². The zero-order valence-corrected chi connectivity index (χ0v) is 15.4. The van der Waals surface area contributed by atoms with Gasteiger partial charge in [-0.25, -0.2) is 4.79 Å². The summed E-state index contributed by atoms with van der Waals surface area (Å²) in [6.07, 6.45) is 2.97. The predicted octanol–water partition coefficient (Wildman–Crippen LogP) is 3.97. The SMILES string of the molecule is CC(C)(C)OC(=O)N1CCCC1c1noc(-c2cc(Br)ccn2)n1. The third-order valence-corrected chi connectivity index (χ3v) is 4.05. The van der Waals surface area contributed by atoms with Crippen LogP contribution in [0.3, 0.4) is 0 Å². The van der Waals surface area contributed by atoms with Crippen LogP contribution in [0.2, 0.25) is 0 Å². The van der Waals surface area contributed by atoms with Crippen molar-refractivity contribution in [3.8, 4) is 11.6 Å². The van der Waals surface area contributed by atoms with Crippen LogP contribution in [0, 0.1) is 0 Å². The Morgan fingerprint density at radius 3 is 2.96 bits per heavy atom. The molecule has 1 aliphatic rings. The highest BCUT2D eigenvalue weighted by atomic mass is 79.9. The van der Waals surface area contributed by atoms with Gasteiger partial charge in [-0.3, -0.25) is 9.88 Å². The van der Waals surface area contributed by atoms with Crippen molar-refractivity contribution in [2.75, 3.05) is 6.54 Å². The zero-order chi connectivity index (χ0) is 17.3. The van der Waals surface area contributed by atoms with Crippen LogP contribution in [0.15, 0.2) is 27.3 Å². The maximum atomic E-state index is 12.4. The normalized spacial score (nSPS) is 18.0. The van der Waals surface area contributed by atoms with E-state index in [-0.39, 0.29) is 12.1 Å². The number of pyridine rings is 1. The first-order chi connectivity index (χ1) is 11.3. The summed E-state index contributed by atoms with van der Waals surface area (Å²) in [6, 6.07) is 3.39. The Kier molecular flexibility index (Phi) is 4.58. The lowest BCUT2D eigenvalue weighted by Crippen LogP contribution is -2.36. The summed E-state index contributed by atoms with van der Waals surface area (Å²) in [4.78, 5) is 22.7. The largest absolute Gasteiger partial charge is 0.444 e. The fourth-order valence-electron chi connectivity index (χ4n) is 2.57. The highest BCUT2D eigenvalue weighted by molar-refractivity contribution is 9.10. The lowest BCUT2D eigenvalue weighted by atomic mass is 10.2. The van der Waals surface area contributed by atoms with E-state index in [0.717, 1.165) is 17.3 Å². The van der Waals surface area contributed by atoms with Crippen LogP contribution in [0.25, 0.3) is 11.6 Å². The molecule has 7 nitrogen and oxygen atoms in total. The molecule has 1 amide bonds. The number of halogens is 1. The average molecular weight is 395 g/mol. The van der Waals surface area contributed by atoms with E-state index >= 15 is 0 Å². The van der Waals surface area contributed by atoms with Gasteiger partial charge in [-0.15, -0.1) is 0 Å². The van der Waals surface area contributed by atoms with Crippen molar-refractivity contribution < 1.29 is 14.1 Å². The molecular weight excluding hydrogens is 376 g/mol. The first kappa shape index (κ1) is 16.9. The second-order valence-electron chi connectivity index (χ2n) is 6.65. The lowest BCUT2D eigenvalue weighted by molar-refractivity contribution is 0.0217. The lowest BCUT2D eigenvalue weighted by Gasteiger charge is -2.27. The van der Waals surface area contributed by atoms with Crippen molar-refractivity contribution in [1.29, 1.82) is 0 Å². The summed E-state index contributed by atoms with van der Waals surface area (Å²) in [5, 5.41) is 4.04. The Bertz CT molecular complexity index is 741. The predicted molar refractivity (Wildman–Crippen MR) is 90.1 cm³/mol. The van der Waals surface area contributed by atoms with Crippen molar-refractivity contribution >= 4 is 22.0 Å². The minimum Gasteiger partial charge on any atom is -0.444 e. The van der Waals surface area contributed by atoms with E-state index in [2.05, 4.69) is 31.1 Å². The molecule has 1 saturated heterocycles. The molecule has 0 spiro atoms. The molecular formula is C16H19BrN4O3. The topological polar surface area (TPSA) is 81.4 Å². The van der Waals surface area contributed by atoms with Gasteiger partial charge in [-0.2, -0.15) is 4.98 Å². The highest BCUT2D eigenvalue weighted by Crippen LogP contribution is 2.32. The average Bonchev–Trinajstić information content (AvgIpc) is 3.14. The van der Waals surface area contributed by atoms with Crippen LogP contribution in [0.5, 0.6) is 0 Å².